The van der Waals surface area contributed by atoms with E-state index in [4.69, 9.17) is 11.0 Å². The summed E-state index contributed by atoms with van der Waals surface area (Å²) in [6.45, 7) is 2.18. The van der Waals surface area contributed by atoms with Gasteiger partial charge in [-0.2, -0.15) is 5.26 Å². The molecule has 0 aromatic heterocycles. The predicted molar refractivity (Wildman–Crippen MR) is 59.2 cm³/mol. The molecule has 0 radical (unpaired) electrons. The van der Waals surface area contributed by atoms with Crippen molar-refractivity contribution in [1.82, 2.24) is 5.32 Å². The zero-order chi connectivity index (χ0) is 11.8. The molecule has 1 aliphatic carbocycles. The van der Waals surface area contributed by atoms with Gasteiger partial charge in [-0.25, -0.2) is 4.99 Å². The quantitative estimate of drug-likeness (QED) is 0.623. The number of amides is 1. The van der Waals surface area contributed by atoms with E-state index in [9.17, 15) is 4.79 Å². The highest BCUT2D eigenvalue weighted by atomic mass is 16.2. The Morgan fingerprint density at radius 2 is 2.19 bits per heavy atom. The van der Waals surface area contributed by atoms with Gasteiger partial charge < -0.3 is 5.73 Å². The van der Waals surface area contributed by atoms with E-state index >= 15 is 0 Å². The van der Waals surface area contributed by atoms with Gasteiger partial charge in [-0.15, -0.1) is 0 Å². The number of nitriles is 1. The van der Waals surface area contributed by atoms with Crippen molar-refractivity contribution in [3.63, 3.8) is 0 Å². The molecule has 2 rings (SSSR count). The van der Waals surface area contributed by atoms with Crippen LogP contribution in [0.2, 0.25) is 0 Å². The van der Waals surface area contributed by atoms with Crippen molar-refractivity contribution < 1.29 is 4.79 Å². The van der Waals surface area contributed by atoms with Gasteiger partial charge in [0.1, 0.15) is 0 Å². The number of nitrogens with zero attached hydrogens (tertiary/aromatic N) is 2. The number of rotatable bonds is 0. The Morgan fingerprint density at radius 3 is 2.75 bits per heavy atom. The Labute approximate surface area is 94.7 Å². The van der Waals surface area contributed by atoms with Gasteiger partial charge in [-0.3, -0.25) is 10.1 Å². The maximum Gasteiger partial charge on any atom is 0.246 e. The SMILES string of the molecule is CC1CCC2(CC1)N=C(N)NC(=O)C2C#N. The standard InChI is InChI=1S/C11H16N4O/c1-7-2-4-11(5-3-7)8(6-12)9(16)14-10(13)15-11/h7-8H,2-5H2,1H3,(H3,13,14,15,16). The molecule has 1 amide bonds. The van der Waals surface area contributed by atoms with Gasteiger partial charge in [-0.1, -0.05) is 6.92 Å². The van der Waals surface area contributed by atoms with Crippen LogP contribution in [0.25, 0.3) is 0 Å². The number of carbonyl (C=O) groups is 1. The zero-order valence-electron chi connectivity index (χ0n) is 9.36. The van der Waals surface area contributed by atoms with E-state index in [1.165, 1.54) is 0 Å². The first-order valence-corrected chi connectivity index (χ1v) is 5.63. The highest BCUT2D eigenvalue weighted by Crippen LogP contribution is 2.41. The third kappa shape index (κ3) is 1.64. The molecule has 0 aromatic rings. The highest BCUT2D eigenvalue weighted by molar-refractivity contribution is 6.01. The number of hydrogen-bond acceptors (Lipinski definition) is 4. The molecule has 1 saturated carbocycles. The number of carbonyl (C=O) groups excluding carboxylic acids is 1. The van der Waals surface area contributed by atoms with Crippen LogP contribution in [0.4, 0.5) is 0 Å². The first-order chi connectivity index (χ1) is 7.57. The fourth-order valence-corrected chi connectivity index (χ4v) is 2.62. The molecule has 1 aliphatic heterocycles. The number of aliphatic imine (C=N–C) groups is 1. The third-order valence-corrected chi connectivity index (χ3v) is 3.66. The van der Waals surface area contributed by atoms with Crippen molar-refractivity contribution in [3.05, 3.63) is 0 Å². The summed E-state index contributed by atoms with van der Waals surface area (Å²) < 4.78 is 0. The molecule has 86 valence electrons. The number of hydrogen-bond donors (Lipinski definition) is 2. The van der Waals surface area contributed by atoms with E-state index < -0.39 is 11.5 Å². The second-order valence-corrected chi connectivity index (χ2v) is 4.83. The van der Waals surface area contributed by atoms with Crippen LogP contribution in [0, 0.1) is 23.2 Å². The van der Waals surface area contributed by atoms with Crippen molar-refractivity contribution in [3.8, 4) is 6.07 Å². The molecular weight excluding hydrogens is 204 g/mol. The lowest BCUT2D eigenvalue weighted by atomic mass is 9.70. The summed E-state index contributed by atoms with van der Waals surface area (Å²) in [5.74, 6) is -0.186. The van der Waals surface area contributed by atoms with Gasteiger partial charge in [0.2, 0.25) is 5.91 Å². The summed E-state index contributed by atoms with van der Waals surface area (Å²) in [5.41, 5.74) is 5.03. The van der Waals surface area contributed by atoms with Crippen molar-refractivity contribution in [2.24, 2.45) is 22.6 Å². The fourth-order valence-electron chi connectivity index (χ4n) is 2.62. The van der Waals surface area contributed by atoms with E-state index in [-0.39, 0.29) is 11.9 Å². The zero-order valence-corrected chi connectivity index (χ0v) is 9.36. The van der Waals surface area contributed by atoms with Crippen molar-refractivity contribution in [2.75, 3.05) is 0 Å². The third-order valence-electron chi connectivity index (χ3n) is 3.66. The average molecular weight is 220 g/mol. The van der Waals surface area contributed by atoms with Crippen LogP contribution in [-0.2, 0) is 4.79 Å². The molecule has 1 heterocycles. The summed E-state index contributed by atoms with van der Waals surface area (Å²) in [6, 6.07) is 2.07. The Hall–Kier alpha value is -1.57. The molecule has 0 aromatic carbocycles. The fraction of sp³-hybridized carbons (Fsp3) is 0.727. The smallest absolute Gasteiger partial charge is 0.246 e. The second kappa shape index (κ2) is 3.78. The normalized spacial score (nSPS) is 38.8. The molecule has 1 unspecified atom stereocenters. The van der Waals surface area contributed by atoms with E-state index in [0.717, 1.165) is 25.7 Å². The van der Waals surface area contributed by atoms with E-state index in [1.807, 2.05) is 0 Å². The average Bonchev–Trinajstić information content (AvgIpc) is 2.22. The van der Waals surface area contributed by atoms with Crippen LogP contribution in [-0.4, -0.2) is 17.4 Å². The van der Waals surface area contributed by atoms with Crippen molar-refractivity contribution in [2.45, 2.75) is 38.1 Å². The van der Waals surface area contributed by atoms with Crippen LogP contribution in [0.15, 0.2) is 4.99 Å². The highest BCUT2D eigenvalue weighted by Gasteiger charge is 2.47. The molecule has 16 heavy (non-hydrogen) atoms. The topological polar surface area (TPSA) is 91.3 Å². The molecule has 1 fully saturated rings. The lowest BCUT2D eigenvalue weighted by Crippen LogP contribution is -2.56. The molecule has 1 spiro atoms. The number of nitrogens with one attached hydrogen (secondary N) is 1. The second-order valence-electron chi connectivity index (χ2n) is 4.83. The Kier molecular flexibility index (Phi) is 2.58. The molecule has 5 nitrogen and oxygen atoms in total. The number of nitrogens with two attached hydrogens (primary N) is 1. The summed E-state index contributed by atoms with van der Waals surface area (Å²) in [6.07, 6.45) is 3.56. The minimum Gasteiger partial charge on any atom is -0.370 e. The van der Waals surface area contributed by atoms with Crippen LogP contribution >= 0.6 is 0 Å². The van der Waals surface area contributed by atoms with Crippen LogP contribution in [0.5, 0.6) is 0 Å². The first kappa shape index (κ1) is 10.9. The first-order valence-electron chi connectivity index (χ1n) is 5.63. The molecule has 5 heteroatoms. The molecule has 0 saturated heterocycles. The summed E-state index contributed by atoms with van der Waals surface area (Å²) >= 11 is 0. The molecule has 0 bridgehead atoms. The van der Waals surface area contributed by atoms with E-state index in [1.54, 1.807) is 0 Å². The maximum absolute atomic E-state index is 11.7. The maximum atomic E-state index is 11.7. The lowest BCUT2D eigenvalue weighted by Gasteiger charge is -2.40. The summed E-state index contributed by atoms with van der Waals surface area (Å²) in [7, 11) is 0. The molecule has 2 aliphatic rings. The van der Waals surface area contributed by atoms with E-state index in [2.05, 4.69) is 23.3 Å². The van der Waals surface area contributed by atoms with Gasteiger partial charge in [0, 0.05) is 0 Å². The lowest BCUT2D eigenvalue weighted by molar-refractivity contribution is -0.124. The van der Waals surface area contributed by atoms with Crippen LogP contribution in [0.1, 0.15) is 32.6 Å². The van der Waals surface area contributed by atoms with Gasteiger partial charge in [0.15, 0.2) is 11.9 Å². The molecule has 1 atom stereocenters. The van der Waals surface area contributed by atoms with Gasteiger partial charge in [0.25, 0.3) is 0 Å². The monoisotopic (exact) mass is 220 g/mol. The number of guanidine groups is 1. The minimum absolute atomic E-state index is 0.158. The largest absolute Gasteiger partial charge is 0.370 e. The van der Waals surface area contributed by atoms with E-state index in [0.29, 0.717) is 5.92 Å². The Balaban J connectivity index is 2.32. The molecule has 3 N–H and O–H groups in total. The summed E-state index contributed by atoms with van der Waals surface area (Å²) in [5, 5.41) is 11.5. The molecular formula is C11H16N4O. The van der Waals surface area contributed by atoms with Gasteiger partial charge in [0.05, 0.1) is 11.6 Å². The Bertz CT molecular complexity index is 374. The van der Waals surface area contributed by atoms with Crippen molar-refractivity contribution in [1.29, 1.82) is 5.26 Å². The van der Waals surface area contributed by atoms with Crippen LogP contribution in [0.3, 0.4) is 0 Å². The Morgan fingerprint density at radius 1 is 1.56 bits per heavy atom. The minimum atomic E-state index is -0.688. The van der Waals surface area contributed by atoms with Crippen LogP contribution < -0.4 is 11.1 Å². The summed E-state index contributed by atoms with van der Waals surface area (Å²) in [4.78, 5) is 16.0. The van der Waals surface area contributed by atoms with Gasteiger partial charge >= 0.3 is 0 Å². The van der Waals surface area contributed by atoms with Crippen molar-refractivity contribution >= 4 is 11.9 Å². The predicted octanol–water partition coefficient (Wildman–Crippen LogP) is 0.520. The van der Waals surface area contributed by atoms with Gasteiger partial charge in [-0.05, 0) is 31.6 Å².